The number of hydrogen-bond donors (Lipinski definition) is 1. The molecule has 2 N–H and O–H groups in total. The first kappa shape index (κ1) is 16.3. The fraction of sp³-hybridized carbons (Fsp3) is 0.571. The number of hydrogen-bond acceptors (Lipinski definition) is 4. The van der Waals surface area contributed by atoms with Gasteiger partial charge in [-0.1, -0.05) is 36.0 Å². The van der Waals surface area contributed by atoms with Crippen molar-refractivity contribution in [3.8, 4) is 5.75 Å². The van der Waals surface area contributed by atoms with Crippen LogP contribution in [0.5, 0.6) is 5.75 Å². The summed E-state index contributed by atoms with van der Waals surface area (Å²) in [7, 11) is 0. The van der Waals surface area contributed by atoms with Gasteiger partial charge < -0.3 is 10.5 Å². The molecule has 0 radical (unpaired) electrons. The molecule has 1 fully saturated rings. The molecular formula is C14H18Cl2N2O3. The highest BCUT2D eigenvalue weighted by Crippen LogP contribution is 2.38. The van der Waals surface area contributed by atoms with E-state index in [-0.39, 0.29) is 15.7 Å². The monoisotopic (exact) mass is 332 g/mol. The predicted octanol–water partition coefficient (Wildman–Crippen LogP) is 4.05. The molecule has 0 spiro atoms. The Balaban J connectivity index is 2.07. The number of benzene rings is 1. The van der Waals surface area contributed by atoms with Crippen molar-refractivity contribution in [1.82, 2.24) is 0 Å². The Morgan fingerprint density at radius 2 is 1.81 bits per heavy atom. The lowest BCUT2D eigenvalue weighted by atomic mass is 9.80. The zero-order valence-corrected chi connectivity index (χ0v) is 13.1. The minimum atomic E-state index is -0.535. The Kier molecular flexibility index (Phi) is 5.67. The summed E-state index contributed by atoms with van der Waals surface area (Å²) >= 11 is 12.1. The molecule has 1 aliphatic rings. The first-order valence-electron chi connectivity index (χ1n) is 6.99. The van der Waals surface area contributed by atoms with Crippen molar-refractivity contribution >= 4 is 28.9 Å². The van der Waals surface area contributed by atoms with Crippen molar-refractivity contribution < 1.29 is 9.66 Å². The minimum absolute atomic E-state index is 0.144. The molecule has 0 saturated heterocycles. The minimum Gasteiger partial charge on any atom is -0.490 e. The molecule has 1 aromatic carbocycles. The van der Waals surface area contributed by atoms with E-state index in [1.807, 2.05) is 0 Å². The molecule has 5 nitrogen and oxygen atoms in total. The molecule has 1 aliphatic carbocycles. The number of halogens is 2. The first-order valence-corrected chi connectivity index (χ1v) is 7.74. The largest absolute Gasteiger partial charge is 0.490 e. The van der Waals surface area contributed by atoms with Gasteiger partial charge in [-0.3, -0.25) is 10.1 Å². The summed E-state index contributed by atoms with van der Waals surface area (Å²) in [6.45, 7) is 1.13. The van der Waals surface area contributed by atoms with Crippen LogP contribution in [0.4, 0.5) is 5.69 Å². The van der Waals surface area contributed by atoms with Crippen LogP contribution in [0.25, 0.3) is 0 Å². The zero-order valence-electron chi connectivity index (χ0n) is 11.6. The number of nitro benzene ring substituents is 1. The Bertz CT molecular complexity index is 502. The highest BCUT2D eigenvalue weighted by Gasteiger charge is 2.25. The molecule has 2 atom stereocenters. The zero-order chi connectivity index (χ0) is 15.4. The summed E-state index contributed by atoms with van der Waals surface area (Å²) in [6.07, 6.45) is 4.57. The van der Waals surface area contributed by atoms with Crippen molar-refractivity contribution in [2.24, 2.45) is 17.6 Å². The fourth-order valence-electron chi connectivity index (χ4n) is 2.79. The lowest BCUT2D eigenvalue weighted by molar-refractivity contribution is -0.384. The Hall–Kier alpha value is -1.04. The molecule has 2 unspecified atom stereocenters. The van der Waals surface area contributed by atoms with Crippen LogP contribution in [0, 0.1) is 22.0 Å². The van der Waals surface area contributed by atoms with Crippen LogP contribution >= 0.6 is 23.2 Å². The van der Waals surface area contributed by atoms with Gasteiger partial charge in [-0.2, -0.15) is 0 Å². The molecule has 0 amide bonds. The van der Waals surface area contributed by atoms with Crippen LogP contribution in [-0.2, 0) is 0 Å². The van der Waals surface area contributed by atoms with E-state index in [2.05, 4.69) is 0 Å². The standard InChI is InChI=1S/C14H18Cl2N2O3/c15-12-5-11(18(19)20)6-13(16)14(12)21-8-10-4-2-1-3-9(10)7-17/h5-6,9-10H,1-4,7-8,17H2. The van der Waals surface area contributed by atoms with Crippen molar-refractivity contribution in [2.75, 3.05) is 13.2 Å². The second-order valence-corrected chi connectivity index (χ2v) is 6.16. The van der Waals surface area contributed by atoms with Gasteiger partial charge in [-0.25, -0.2) is 0 Å². The van der Waals surface area contributed by atoms with Crippen LogP contribution in [0.2, 0.25) is 10.0 Å². The van der Waals surface area contributed by atoms with Crippen LogP contribution < -0.4 is 10.5 Å². The van der Waals surface area contributed by atoms with Gasteiger partial charge in [0.2, 0.25) is 0 Å². The molecule has 21 heavy (non-hydrogen) atoms. The van der Waals surface area contributed by atoms with Crippen molar-refractivity contribution in [1.29, 1.82) is 0 Å². The molecule has 116 valence electrons. The third-order valence-electron chi connectivity index (χ3n) is 4.00. The molecule has 1 saturated carbocycles. The summed E-state index contributed by atoms with van der Waals surface area (Å²) in [5.41, 5.74) is 5.65. The van der Waals surface area contributed by atoms with E-state index in [0.717, 1.165) is 12.8 Å². The molecule has 1 aromatic rings. The van der Waals surface area contributed by atoms with Crippen molar-refractivity contribution in [3.63, 3.8) is 0 Å². The maximum atomic E-state index is 10.7. The van der Waals surface area contributed by atoms with Gasteiger partial charge >= 0.3 is 0 Å². The molecular weight excluding hydrogens is 315 g/mol. The molecule has 0 aromatic heterocycles. The Labute approximate surface area is 133 Å². The number of nitrogens with zero attached hydrogens (tertiary/aromatic N) is 1. The number of ether oxygens (including phenoxy) is 1. The smallest absolute Gasteiger partial charge is 0.272 e. The molecule has 0 aliphatic heterocycles. The van der Waals surface area contributed by atoms with E-state index in [9.17, 15) is 10.1 Å². The highest BCUT2D eigenvalue weighted by atomic mass is 35.5. The summed E-state index contributed by atoms with van der Waals surface area (Å²) < 4.78 is 5.73. The van der Waals surface area contributed by atoms with Gasteiger partial charge in [0.15, 0.2) is 5.75 Å². The molecule has 0 heterocycles. The van der Waals surface area contributed by atoms with Crippen molar-refractivity contribution in [2.45, 2.75) is 25.7 Å². The van der Waals surface area contributed by atoms with Gasteiger partial charge in [0.05, 0.1) is 21.6 Å². The van der Waals surface area contributed by atoms with E-state index in [1.54, 1.807) is 0 Å². The van der Waals surface area contributed by atoms with Gasteiger partial charge in [0.25, 0.3) is 5.69 Å². The summed E-state index contributed by atoms with van der Waals surface area (Å²) in [5, 5.41) is 11.1. The fourth-order valence-corrected chi connectivity index (χ4v) is 3.38. The molecule has 0 bridgehead atoms. The van der Waals surface area contributed by atoms with E-state index in [0.29, 0.717) is 30.7 Å². The normalized spacial score (nSPS) is 22.0. The Morgan fingerprint density at radius 3 is 2.33 bits per heavy atom. The third kappa shape index (κ3) is 3.99. The van der Waals surface area contributed by atoms with Crippen molar-refractivity contribution in [3.05, 3.63) is 32.3 Å². The third-order valence-corrected chi connectivity index (χ3v) is 4.57. The van der Waals surface area contributed by atoms with Gasteiger partial charge in [0, 0.05) is 12.1 Å². The van der Waals surface area contributed by atoms with Crippen LogP contribution in [0.15, 0.2) is 12.1 Å². The van der Waals surface area contributed by atoms with Crippen LogP contribution in [-0.4, -0.2) is 18.1 Å². The number of nitro groups is 1. The maximum absolute atomic E-state index is 10.7. The van der Waals surface area contributed by atoms with E-state index in [1.165, 1.54) is 25.0 Å². The van der Waals surface area contributed by atoms with Gasteiger partial charge in [-0.05, 0) is 31.2 Å². The topological polar surface area (TPSA) is 78.4 Å². The van der Waals surface area contributed by atoms with Crippen LogP contribution in [0.3, 0.4) is 0 Å². The molecule has 7 heteroatoms. The van der Waals surface area contributed by atoms with E-state index in [4.69, 9.17) is 33.7 Å². The second-order valence-electron chi connectivity index (χ2n) is 5.35. The van der Waals surface area contributed by atoms with Gasteiger partial charge in [0.1, 0.15) is 0 Å². The van der Waals surface area contributed by atoms with Crippen LogP contribution in [0.1, 0.15) is 25.7 Å². The second kappa shape index (κ2) is 7.29. The van der Waals surface area contributed by atoms with E-state index >= 15 is 0 Å². The average molecular weight is 333 g/mol. The summed E-state index contributed by atoms with van der Waals surface area (Å²) in [5.74, 6) is 1.14. The number of nitrogens with two attached hydrogens (primary N) is 1. The Morgan fingerprint density at radius 1 is 1.24 bits per heavy atom. The number of rotatable bonds is 5. The summed E-state index contributed by atoms with van der Waals surface area (Å²) in [4.78, 5) is 10.2. The van der Waals surface area contributed by atoms with E-state index < -0.39 is 4.92 Å². The highest BCUT2D eigenvalue weighted by molar-refractivity contribution is 6.37. The quantitative estimate of drug-likeness (QED) is 0.651. The van der Waals surface area contributed by atoms with Gasteiger partial charge in [-0.15, -0.1) is 0 Å². The SMILES string of the molecule is NCC1CCCCC1COc1c(Cl)cc([N+](=O)[O-])cc1Cl. The average Bonchev–Trinajstić information content (AvgIpc) is 2.46. The molecule has 2 rings (SSSR count). The predicted molar refractivity (Wildman–Crippen MR) is 83.1 cm³/mol. The first-order chi connectivity index (χ1) is 10.0. The summed E-state index contributed by atoms with van der Waals surface area (Å²) in [6, 6.07) is 2.51. The number of non-ortho nitro benzene ring substituents is 1. The maximum Gasteiger partial charge on any atom is 0.272 e. The lowest BCUT2D eigenvalue weighted by Crippen LogP contribution is -2.30. The lowest BCUT2D eigenvalue weighted by Gasteiger charge is -2.30.